The van der Waals surface area contributed by atoms with Gasteiger partial charge >= 0.3 is 0 Å². The molecule has 2 aromatic rings. The first-order chi connectivity index (χ1) is 9.19. The second-order valence-electron chi connectivity index (χ2n) is 4.79. The number of aldehydes is 1. The van der Waals surface area contributed by atoms with Crippen LogP contribution in [-0.4, -0.2) is 35.9 Å². The number of halogens is 2. The smallest absolute Gasteiger partial charge is 0.209 e. The average Bonchev–Trinajstić information content (AvgIpc) is 2.76. The summed E-state index contributed by atoms with van der Waals surface area (Å²) in [6, 6.07) is 2.60. The lowest BCUT2D eigenvalue weighted by Crippen LogP contribution is -2.46. The predicted molar refractivity (Wildman–Crippen MR) is 64.1 cm³/mol. The topological polar surface area (TPSA) is 46.3 Å². The summed E-state index contributed by atoms with van der Waals surface area (Å²) in [5.41, 5.74) is 0.620. The van der Waals surface area contributed by atoms with Gasteiger partial charge in [-0.05, 0) is 12.1 Å². The Morgan fingerprint density at radius 1 is 1.47 bits per heavy atom. The van der Waals surface area contributed by atoms with Crippen LogP contribution in [0.15, 0.2) is 16.5 Å². The number of hydrogen-bond donors (Lipinski definition) is 0. The zero-order valence-electron chi connectivity index (χ0n) is 10.1. The van der Waals surface area contributed by atoms with Crippen molar-refractivity contribution in [2.24, 2.45) is 5.92 Å². The van der Waals surface area contributed by atoms with Gasteiger partial charge in [0.15, 0.2) is 11.4 Å². The molecule has 0 unspecified atom stereocenters. The second-order valence-corrected chi connectivity index (χ2v) is 4.79. The average molecular weight is 266 g/mol. The number of benzene rings is 1. The lowest BCUT2D eigenvalue weighted by Gasteiger charge is -2.36. The zero-order chi connectivity index (χ0) is 13.4. The lowest BCUT2D eigenvalue weighted by atomic mass is 10.0. The van der Waals surface area contributed by atoms with Gasteiger partial charge in [0, 0.05) is 24.6 Å². The molecule has 0 saturated carbocycles. The minimum Gasteiger partial charge on any atom is -0.436 e. The molecule has 1 aliphatic rings. The normalized spacial score (nSPS) is 16.7. The van der Waals surface area contributed by atoms with Crippen molar-refractivity contribution in [3.05, 3.63) is 29.4 Å². The SMILES string of the molecule is O=Cc1cc(F)c2oc(CN3CC(CF)C3)nc2c1. The quantitative estimate of drug-likeness (QED) is 0.796. The minimum absolute atomic E-state index is 0.0585. The molecule has 1 fully saturated rings. The molecule has 0 radical (unpaired) electrons. The molecule has 0 atom stereocenters. The molecule has 1 aromatic heterocycles. The highest BCUT2D eigenvalue weighted by atomic mass is 19.1. The number of fused-ring (bicyclic) bond motifs is 1. The molecule has 1 aliphatic heterocycles. The summed E-state index contributed by atoms with van der Waals surface area (Å²) < 4.78 is 31.3. The van der Waals surface area contributed by atoms with Crippen LogP contribution in [0.1, 0.15) is 16.2 Å². The Labute approximate surface area is 108 Å². The van der Waals surface area contributed by atoms with Gasteiger partial charge in [0.2, 0.25) is 5.89 Å². The standard InChI is InChI=1S/C13H12F2N2O2/c14-3-9-4-17(5-9)6-12-16-11-2-8(7-18)1-10(15)13(11)19-12/h1-2,7,9H,3-6H2. The molecule has 0 N–H and O–H groups in total. The second kappa shape index (κ2) is 4.70. The fraction of sp³-hybridized carbons (Fsp3) is 0.385. The maximum Gasteiger partial charge on any atom is 0.209 e. The van der Waals surface area contributed by atoms with Crippen LogP contribution in [0.4, 0.5) is 8.78 Å². The third kappa shape index (κ3) is 2.23. The van der Waals surface area contributed by atoms with Crippen LogP contribution < -0.4 is 0 Å². The van der Waals surface area contributed by atoms with E-state index in [0.717, 1.165) is 6.07 Å². The molecular formula is C13H12F2N2O2. The lowest BCUT2D eigenvalue weighted by molar-refractivity contribution is 0.0660. The van der Waals surface area contributed by atoms with Crippen molar-refractivity contribution < 1.29 is 18.0 Å². The van der Waals surface area contributed by atoms with Crippen LogP contribution >= 0.6 is 0 Å². The molecule has 6 heteroatoms. The van der Waals surface area contributed by atoms with Gasteiger partial charge in [-0.25, -0.2) is 9.37 Å². The highest BCUT2D eigenvalue weighted by Gasteiger charge is 2.27. The summed E-state index contributed by atoms with van der Waals surface area (Å²) in [7, 11) is 0. The fourth-order valence-electron chi connectivity index (χ4n) is 2.29. The van der Waals surface area contributed by atoms with Crippen molar-refractivity contribution in [1.82, 2.24) is 9.88 Å². The summed E-state index contributed by atoms with van der Waals surface area (Å²) in [4.78, 5) is 16.8. The predicted octanol–water partition coefficient (Wildman–Crippen LogP) is 2.18. The van der Waals surface area contributed by atoms with E-state index < -0.39 is 5.82 Å². The van der Waals surface area contributed by atoms with E-state index in [1.165, 1.54) is 6.07 Å². The molecule has 0 spiro atoms. The fourth-order valence-corrected chi connectivity index (χ4v) is 2.29. The third-order valence-corrected chi connectivity index (χ3v) is 3.26. The van der Waals surface area contributed by atoms with Crippen LogP contribution in [0.3, 0.4) is 0 Å². The Morgan fingerprint density at radius 2 is 2.26 bits per heavy atom. The molecule has 0 amide bonds. The van der Waals surface area contributed by atoms with Gasteiger partial charge in [-0.3, -0.25) is 14.1 Å². The molecule has 2 heterocycles. The summed E-state index contributed by atoms with van der Waals surface area (Å²) in [6.45, 7) is 1.44. The molecular weight excluding hydrogens is 254 g/mol. The number of hydrogen-bond acceptors (Lipinski definition) is 4. The van der Waals surface area contributed by atoms with Gasteiger partial charge in [0.1, 0.15) is 11.8 Å². The van der Waals surface area contributed by atoms with Crippen molar-refractivity contribution in [3.8, 4) is 0 Å². The van der Waals surface area contributed by atoms with E-state index in [-0.39, 0.29) is 23.7 Å². The van der Waals surface area contributed by atoms with Gasteiger partial charge in [-0.15, -0.1) is 0 Å². The van der Waals surface area contributed by atoms with Crippen molar-refractivity contribution >= 4 is 17.4 Å². The molecule has 4 nitrogen and oxygen atoms in total. The van der Waals surface area contributed by atoms with E-state index in [9.17, 15) is 13.6 Å². The Morgan fingerprint density at radius 3 is 2.95 bits per heavy atom. The molecule has 0 aliphatic carbocycles. The highest BCUT2D eigenvalue weighted by Crippen LogP contribution is 2.24. The largest absolute Gasteiger partial charge is 0.436 e. The number of rotatable bonds is 4. The Hall–Kier alpha value is -1.82. The molecule has 1 aromatic carbocycles. The van der Waals surface area contributed by atoms with E-state index in [1.54, 1.807) is 0 Å². The van der Waals surface area contributed by atoms with Crippen LogP contribution in [-0.2, 0) is 6.54 Å². The Balaban J connectivity index is 1.82. The number of likely N-dealkylation sites (tertiary alicyclic amines) is 1. The Kier molecular flexibility index (Phi) is 3.02. The zero-order valence-corrected chi connectivity index (χ0v) is 10.1. The Bertz CT molecular complexity index is 620. The first-order valence-electron chi connectivity index (χ1n) is 6.02. The van der Waals surface area contributed by atoms with E-state index in [2.05, 4.69) is 4.98 Å². The van der Waals surface area contributed by atoms with Crippen LogP contribution in [0.25, 0.3) is 11.1 Å². The van der Waals surface area contributed by atoms with Crippen LogP contribution in [0, 0.1) is 11.7 Å². The van der Waals surface area contributed by atoms with Crippen LogP contribution in [0.2, 0.25) is 0 Å². The van der Waals surface area contributed by atoms with Gasteiger partial charge < -0.3 is 4.42 Å². The monoisotopic (exact) mass is 266 g/mol. The highest BCUT2D eigenvalue weighted by molar-refractivity contribution is 5.84. The van der Waals surface area contributed by atoms with Crippen molar-refractivity contribution in [2.75, 3.05) is 19.8 Å². The summed E-state index contributed by atoms with van der Waals surface area (Å²) >= 11 is 0. The number of carbonyl (C=O) groups excluding carboxylic acids is 1. The number of oxazole rings is 1. The van der Waals surface area contributed by atoms with Gasteiger partial charge in [-0.2, -0.15) is 0 Å². The number of alkyl halides is 1. The van der Waals surface area contributed by atoms with E-state index in [4.69, 9.17) is 4.42 Å². The van der Waals surface area contributed by atoms with Crippen LogP contribution in [0.5, 0.6) is 0 Å². The van der Waals surface area contributed by atoms with Gasteiger partial charge in [-0.1, -0.05) is 0 Å². The molecule has 0 bridgehead atoms. The number of aromatic nitrogens is 1. The molecule has 3 rings (SSSR count). The third-order valence-electron chi connectivity index (χ3n) is 3.26. The van der Waals surface area contributed by atoms with Crippen molar-refractivity contribution in [3.63, 3.8) is 0 Å². The summed E-state index contributed by atoms with van der Waals surface area (Å²) in [6.07, 6.45) is 0.568. The first-order valence-corrected chi connectivity index (χ1v) is 6.02. The molecule has 19 heavy (non-hydrogen) atoms. The van der Waals surface area contributed by atoms with Gasteiger partial charge in [0.25, 0.3) is 0 Å². The summed E-state index contributed by atoms with van der Waals surface area (Å²) in [5.74, 6) is -0.124. The van der Waals surface area contributed by atoms with E-state index >= 15 is 0 Å². The van der Waals surface area contributed by atoms with Crippen molar-refractivity contribution in [2.45, 2.75) is 6.54 Å². The number of nitrogens with zero attached hydrogens (tertiary/aromatic N) is 2. The van der Waals surface area contributed by atoms with E-state index in [0.29, 0.717) is 37.3 Å². The molecule has 1 saturated heterocycles. The summed E-state index contributed by atoms with van der Waals surface area (Å²) in [5, 5.41) is 0. The molecule has 100 valence electrons. The number of carbonyl (C=O) groups is 1. The van der Waals surface area contributed by atoms with E-state index in [1.807, 2.05) is 4.90 Å². The maximum absolute atomic E-state index is 13.6. The minimum atomic E-state index is -0.594. The first kappa shape index (κ1) is 12.2. The maximum atomic E-state index is 13.6. The van der Waals surface area contributed by atoms with Gasteiger partial charge in [0.05, 0.1) is 13.2 Å². The van der Waals surface area contributed by atoms with Crippen molar-refractivity contribution in [1.29, 1.82) is 0 Å².